The maximum absolute atomic E-state index is 12.7. The normalized spacial score (nSPS) is 14.5. The van der Waals surface area contributed by atoms with Crippen molar-refractivity contribution in [2.45, 2.75) is 39.0 Å². The van der Waals surface area contributed by atoms with Crippen LogP contribution in [0.3, 0.4) is 0 Å². The van der Waals surface area contributed by atoms with E-state index >= 15 is 0 Å². The van der Waals surface area contributed by atoms with Gasteiger partial charge in [-0.2, -0.15) is 5.10 Å². The van der Waals surface area contributed by atoms with Gasteiger partial charge < -0.3 is 5.32 Å². The maximum Gasteiger partial charge on any atom is 0.259 e. The van der Waals surface area contributed by atoms with Gasteiger partial charge in [-0.15, -0.1) is 0 Å². The van der Waals surface area contributed by atoms with E-state index in [1.807, 2.05) is 31.3 Å². The second-order valence-electron chi connectivity index (χ2n) is 6.84. The molecular weight excluding hydrogens is 298 g/mol. The summed E-state index contributed by atoms with van der Waals surface area (Å²) in [6.45, 7) is 4.14. The molecule has 1 aliphatic rings. The summed E-state index contributed by atoms with van der Waals surface area (Å²) in [6.07, 6.45) is 9.80. The van der Waals surface area contributed by atoms with Crippen molar-refractivity contribution in [2.75, 3.05) is 5.32 Å². The van der Waals surface area contributed by atoms with E-state index in [4.69, 9.17) is 0 Å². The molecule has 0 radical (unpaired) electrons. The fraction of sp³-hybridized carbons (Fsp3) is 0.400. The second kappa shape index (κ2) is 7.04. The average molecular weight is 323 g/mol. The van der Waals surface area contributed by atoms with E-state index in [9.17, 15) is 4.79 Å². The summed E-state index contributed by atoms with van der Waals surface area (Å²) in [4.78, 5) is 12.7. The number of carbonyl (C=O) groups excluding carboxylic acids is 1. The SMILES string of the molecule is CC(C)c1c(C(=O)Nc2ccccc2C=CCC2CC2)cnn1C. The zero-order chi connectivity index (χ0) is 17.1. The fourth-order valence-electron chi connectivity index (χ4n) is 2.99. The van der Waals surface area contributed by atoms with Crippen molar-refractivity contribution in [3.05, 3.63) is 53.4 Å². The van der Waals surface area contributed by atoms with Crippen LogP contribution < -0.4 is 5.32 Å². The number of hydrogen-bond donors (Lipinski definition) is 1. The van der Waals surface area contributed by atoms with Crippen molar-refractivity contribution in [2.24, 2.45) is 13.0 Å². The molecule has 3 rings (SSSR count). The quantitative estimate of drug-likeness (QED) is 0.844. The Morgan fingerprint density at radius 1 is 1.38 bits per heavy atom. The summed E-state index contributed by atoms with van der Waals surface area (Å²) in [7, 11) is 1.88. The molecule has 1 aromatic heterocycles. The lowest BCUT2D eigenvalue weighted by Crippen LogP contribution is -2.15. The highest BCUT2D eigenvalue weighted by Crippen LogP contribution is 2.33. The molecular formula is C20H25N3O. The van der Waals surface area contributed by atoms with Crippen molar-refractivity contribution in [1.29, 1.82) is 0 Å². The van der Waals surface area contributed by atoms with Crippen LogP contribution >= 0.6 is 0 Å². The van der Waals surface area contributed by atoms with Crippen molar-refractivity contribution in [3.8, 4) is 0 Å². The van der Waals surface area contributed by atoms with Crippen LogP contribution in [-0.2, 0) is 7.05 Å². The minimum atomic E-state index is -0.102. The van der Waals surface area contributed by atoms with E-state index < -0.39 is 0 Å². The molecule has 0 saturated heterocycles. The van der Waals surface area contributed by atoms with E-state index in [2.05, 4.69) is 36.4 Å². The number of anilines is 1. The van der Waals surface area contributed by atoms with Gasteiger partial charge >= 0.3 is 0 Å². The lowest BCUT2D eigenvalue weighted by Gasteiger charge is -2.11. The summed E-state index contributed by atoms with van der Waals surface area (Å²) in [5.41, 5.74) is 3.48. The topological polar surface area (TPSA) is 46.9 Å². The van der Waals surface area contributed by atoms with E-state index in [1.165, 1.54) is 12.8 Å². The van der Waals surface area contributed by atoms with Gasteiger partial charge in [0.05, 0.1) is 17.5 Å². The van der Waals surface area contributed by atoms with Crippen LogP contribution in [0.25, 0.3) is 6.08 Å². The van der Waals surface area contributed by atoms with Gasteiger partial charge in [-0.05, 0) is 42.7 Å². The Kier molecular flexibility index (Phi) is 4.84. The van der Waals surface area contributed by atoms with Crippen LogP contribution in [0.5, 0.6) is 0 Å². The van der Waals surface area contributed by atoms with E-state index in [-0.39, 0.29) is 11.8 Å². The lowest BCUT2D eigenvalue weighted by molar-refractivity contribution is 0.102. The molecule has 0 spiro atoms. The monoisotopic (exact) mass is 323 g/mol. The molecule has 4 nitrogen and oxygen atoms in total. The summed E-state index contributed by atoms with van der Waals surface area (Å²) in [5.74, 6) is 1.01. The molecule has 0 aliphatic heterocycles. The van der Waals surface area contributed by atoms with E-state index in [1.54, 1.807) is 10.9 Å². The zero-order valence-corrected chi connectivity index (χ0v) is 14.6. The molecule has 1 aliphatic carbocycles. The number of allylic oxidation sites excluding steroid dienone is 1. The van der Waals surface area contributed by atoms with Crippen molar-refractivity contribution in [1.82, 2.24) is 9.78 Å². The smallest absolute Gasteiger partial charge is 0.259 e. The Hall–Kier alpha value is -2.36. The summed E-state index contributed by atoms with van der Waals surface area (Å²) in [5, 5.41) is 7.29. The number of nitrogens with one attached hydrogen (secondary N) is 1. The van der Waals surface area contributed by atoms with Gasteiger partial charge in [0, 0.05) is 12.7 Å². The van der Waals surface area contributed by atoms with Crippen LogP contribution in [-0.4, -0.2) is 15.7 Å². The Bertz CT molecular complexity index is 754. The van der Waals surface area contributed by atoms with Crippen molar-refractivity contribution in [3.63, 3.8) is 0 Å². The van der Waals surface area contributed by atoms with Crippen LogP contribution in [0.15, 0.2) is 36.5 Å². The Balaban J connectivity index is 1.78. The number of hydrogen-bond acceptors (Lipinski definition) is 2. The standard InChI is InChI=1S/C20H25N3O/c1-14(2)19-17(13-21-23(19)3)20(24)22-18-10-5-4-8-16(18)9-6-7-15-11-12-15/h4-6,8-10,13-15H,7,11-12H2,1-3H3,(H,22,24). The molecule has 1 fully saturated rings. The molecule has 0 unspecified atom stereocenters. The fourth-order valence-corrected chi connectivity index (χ4v) is 2.99. The predicted molar refractivity (Wildman–Crippen MR) is 98.1 cm³/mol. The number of para-hydroxylation sites is 1. The first kappa shape index (κ1) is 16.5. The Morgan fingerprint density at radius 3 is 2.83 bits per heavy atom. The summed E-state index contributed by atoms with van der Waals surface area (Å²) in [6, 6.07) is 7.92. The minimum Gasteiger partial charge on any atom is -0.321 e. The molecule has 1 saturated carbocycles. The number of carbonyl (C=O) groups is 1. The van der Waals surface area contributed by atoms with Crippen molar-refractivity contribution >= 4 is 17.7 Å². The lowest BCUT2D eigenvalue weighted by atomic mass is 10.0. The van der Waals surface area contributed by atoms with Crippen LogP contribution in [0.1, 0.15) is 60.6 Å². The second-order valence-corrected chi connectivity index (χ2v) is 6.84. The number of benzene rings is 1. The van der Waals surface area contributed by atoms with Crippen LogP contribution in [0.2, 0.25) is 0 Å². The molecule has 1 amide bonds. The molecule has 24 heavy (non-hydrogen) atoms. The molecule has 2 aromatic rings. The number of nitrogens with zero attached hydrogens (tertiary/aromatic N) is 2. The van der Waals surface area contributed by atoms with E-state index in [0.717, 1.165) is 29.3 Å². The molecule has 0 bridgehead atoms. The van der Waals surface area contributed by atoms with Gasteiger partial charge in [0.25, 0.3) is 5.91 Å². The Morgan fingerprint density at radius 2 is 2.12 bits per heavy atom. The number of aromatic nitrogens is 2. The van der Waals surface area contributed by atoms with E-state index in [0.29, 0.717) is 5.56 Å². The first-order valence-electron chi connectivity index (χ1n) is 8.65. The molecule has 1 heterocycles. The zero-order valence-electron chi connectivity index (χ0n) is 14.6. The highest BCUT2D eigenvalue weighted by Gasteiger charge is 2.20. The van der Waals surface area contributed by atoms with Crippen LogP contribution in [0, 0.1) is 5.92 Å². The molecule has 4 heteroatoms. The molecule has 126 valence electrons. The predicted octanol–water partition coefficient (Wildman–Crippen LogP) is 4.61. The molecule has 1 N–H and O–H groups in total. The van der Waals surface area contributed by atoms with Gasteiger partial charge in [-0.3, -0.25) is 9.48 Å². The van der Waals surface area contributed by atoms with Crippen molar-refractivity contribution < 1.29 is 4.79 Å². The number of amides is 1. The van der Waals surface area contributed by atoms with Gasteiger partial charge in [0.15, 0.2) is 0 Å². The number of rotatable bonds is 6. The van der Waals surface area contributed by atoms with Gasteiger partial charge in [-0.25, -0.2) is 0 Å². The highest BCUT2D eigenvalue weighted by atomic mass is 16.1. The Labute approximate surface area is 143 Å². The number of aryl methyl sites for hydroxylation is 1. The average Bonchev–Trinajstić information content (AvgIpc) is 3.28. The largest absolute Gasteiger partial charge is 0.321 e. The highest BCUT2D eigenvalue weighted by molar-refractivity contribution is 6.06. The third kappa shape index (κ3) is 3.75. The first-order valence-corrected chi connectivity index (χ1v) is 8.65. The van der Waals surface area contributed by atoms with Gasteiger partial charge in [0.1, 0.15) is 0 Å². The minimum absolute atomic E-state index is 0.102. The maximum atomic E-state index is 12.7. The molecule has 1 aromatic carbocycles. The first-order chi connectivity index (χ1) is 11.6. The van der Waals surface area contributed by atoms with Gasteiger partial charge in [0.2, 0.25) is 0 Å². The van der Waals surface area contributed by atoms with Crippen LogP contribution in [0.4, 0.5) is 5.69 Å². The summed E-state index contributed by atoms with van der Waals surface area (Å²) >= 11 is 0. The molecule has 0 atom stereocenters. The van der Waals surface area contributed by atoms with Gasteiger partial charge in [-0.1, -0.05) is 44.2 Å². The third-order valence-corrected chi connectivity index (χ3v) is 4.45. The summed E-state index contributed by atoms with van der Waals surface area (Å²) < 4.78 is 1.78. The third-order valence-electron chi connectivity index (χ3n) is 4.45.